The first-order valence-electron chi connectivity index (χ1n) is 9.65. The van der Waals surface area contributed by atoms with Crippen molar-refractivity contribution < 1.29 is 14.1 Å². The standard InChI is InChI=1S/C23H21ClN4O3/c1-4-12-28-14(2)19(20(25-23(28)29)16-6-5-7-18(13-16)30-3)22-26-21(27-31-22)15-8-10-17(24)11-9-15/h4-11,13,20H,1,12H2,2-3H3,(H,25,29). The number of nitrogens with one attached hydrogen (secondary N) is 1. The molecule has 0 fully saturated rings. The molecule has 1 N–H and O–H groups in total. The van der Waals surface area contributed by atoms with Gasteiger partial charge >= 0.3 is 6.03 Å². The van der Waals surface area contributed by atoms with Crippen LogP contribution in [0.15, 0.2) is 71.4 Å². The lowest BCUT2D eigenvalue weighted by Crippen LogP contribution is -2.46. The van der Waals surface area contributed by atoms with Crippen LogP contribution in [0.4, 0.5) is 4.79 Å². The maximum Gasteiger partial charge on any atom is 0.322 e. The van der Waals surface area contributed by atoms with Gasteiger partial charge in [0.25, 0.3) is 5.89 Å². The highest BCUT2D eigenvalue weighted by Crippen LogP contribution is 2.38. The molecule has 4 rings (SSSR count). The number of urea groups is 1. The molecule has 2 heterocycles. The first-order chi connectivity index (χ1) is 15.0. The predicted octanol–water partition coefficient (Wildman–Crippen LogP) is 5.08. The van der Waals surface area contributed by atoms with Crippen molar-refractivity contribution in [1.29, 1.82) is 0 Å². The molecule has 1 aliphatic rings. The Bertz CT molecular complexity index is 1150. The molecule has 0 saturated carbocycles. The van der Waals surface area contributed by atoms with Gasteiger partial charge in [-0.3, -0.25) is 4.90 Å². The van der Waals surface area contributed by atoms with Gasteiger partial charge in [0, 0.05) is 22.8 Å². The Morgan fingerprint density at radius 2 is 2.06 bits per heavy atom. The summed E-state index contributed by atoms with van der Waals surface area (Å²) in [4.78, 5) is 19.0. The molecule has 1 aliphatic heterocycles. The Balaban J connectivity index is 1.82. The number of hydrogen-bond acceptors (Lipinski definition) is 5. The lowest BCUT2D eigenvalue weighted by molar-refractivity contribution is 0.209. The van der Waals surface area contributed by atoms with Crippen LogP contribution in [-0.4, -0.2) is 34.7 Å². The number of allylic oxidation sites excluding steroid dienone is 1. The summed E-state index contributed by atoms with van der Waals surface area (Å²) in [6.07, 6.45) is 1.67. The predicted molar refractivity (Wildman–Crippen MR) is 119 cm³/mol. The number of amides is 2. The molecule has 158 valence electrons. The summed E-state index contributed by atoms with van der Waals surface area (Å²) in [5.41, 5.74) is 3.04. The molecular weight excluding hydrogens is 416 g/mol. The number of benzene rings is 2. The van der Waals surface area contributed by atoms with Gasteiger partial charge in [-0.1, -0.05) is 35.0 Å². The third-order valence-electron chi connectivity index (χ3n) is 5.09. The largest absolute Gasteiger partial charge is 0.497 e. The van der Waals surface area contributed by atoms with E-state index in [1.807, 2.05) is 43.3 Å². The third kappa shape index (κ3) is 4.04. The molecule has 3 aromatic rings. The minimum atomic E-state index is -0.484. The summed E-state index contributed by atoms with van der Waals surface area (Å²) in [6, 6.07) is 14.0. The summed E-state index contributed by atoms with van der Waals surface area (Å²) in [6.45, 7) is 5.96. The minimum absolute atomic E-state index is 0.230. The molecule has 0 spiro atoms. The molecule has 0 saturated heterocycles. The van der Waals surface area contributed by atoms with E-state index < -0.39 is 6.04 Å². The Morgan fingerprint density at radius 3 is 2.77 bits per heavy atom. The number of nitrogens with zero attached hydrogens (tertiary/aromatic N) is 3. The molecule has 2 aromatic carbocycles. The molecule has 8 heteroatoms. The fourth-order valence-electron chi connectivity index (χ4n) is 3.53. The van der Waals surface area contributed by atoms with Crippen molar-refractivity contribution in [3.63, 3.8) is 0 Å². The van der Waals surface area contributed by atoms with E-state index in [0.29, 0.717) is 40.3 Å². The van der Waals surface area contributed by atoms with Crippen LogP contribution >= 0.6 is 11.6 Å². The Morgan fingerprint density at radius 1 is 1.29 bits per heavy atom. The van der Waals surface area contributed by atoms with Gasteiger partial charge in [-0.15, -0.1) is 6.58 Å². The molecule has 1 atom stereocenters. The fraction of sp³-hybridized carbons (Fsp3) is 0.174. The maximum atomic E-state index is 12.8. The second-order valence-corrected chi connectivity index (χ2v) is 7.42. The number of halogens is 1. The molecule has 1 aromatic heterocycles. The van der Waals surface area contributed by atoms with Crippen molar-refractivity contribution in [2.24, 2.45) is 0 Å². The lowest BCUT2D eigenvalue weighted by Gasteiger charge is -2.34. The van der Waals surface area contributed by atoms with E-state index in [1.54, 1.807) is 30.2 Å². The van der Waals surface area contributed by atoms with Crippen LogP contribution in [0, 0.1) is 0 Å². The average Bonchev–Trinajstić information content (AvgIpc) is 3.26. The number of ether oxygens (including phenoxy) is 1. The van der Waals surface area contributed by atoms with E-state index in [9.17, 15) is 4.79 Å². The second kappa shape index (κ2) is 8.65. The molecule has 7 nitrogen and oxygen atoms in total. The smallest absolute Gasteiger partial charge is 0.322 e. The third-order valence-corrected chi connectivity index (χ3v) is 5.35. The summed E-state index contributed by atoms with van der Waals surface area (Å²) in [7, 11) is 1.60. The van der Waals surface area contributed by atoms with Crippen molar-refractivity contribution in [1.82, 2.24) is 20.4 Å². The molecule has 0 aliphatic carbocycles. The number of aromatic nitrogens is 2. The summed E-state index contributed by atoms with van der Waals surface area (Å²) < 4.78 is 11.0. The zero-order chi connectivity index (χ0) is 22.0. The Labute approximate surface area is 185 Å². The van der Waals surface area contributed by atoms with Gasteiger partial charge < -0.3 is 14.6 Å². The van der Waals surface area contributed by atoms with Gasteiger partial charge in [0.05, 0.1) is 18.7 Å². The van der Waals surface area contributed by atoms with Gasteiger partial charge in [-0.2, -0.15) is 4.98 Å². The second-order valence-electron chi connectivity index (χ2n) is 6.99. The highest BCUT2D eigenvalue weighted by Gasteiger charge is 2.35. The van der Waals surface area contributed by atoms with Crippen molar-refractivity contribution in [2.45, 2.75) is 13.0 Å². The van der Waals surface area contributed by atoms with Crippen LogP contribution in [0.5, 0.6) is 5.75 Å². The van der Waals surface area contributed by atoms with Crippen LogP contribution in [0.3, 0.4) is 0 Å². The van der Waals surface area contributed by atoms with Gasteiger partial charge in [-0.25, -0.2) is 4.79 Å². The van der Waals surface area contributed by atoms with Crippen molar-refractivity contribution in [3.05, 3.63) is 83.4 Å². The van der Waals surface area contributed by atoms with Crippen molar-refractivity contribution >= 4 is 23.2 Å². The van der Waals surface area contributed by atoms with Gasteiger partial charge in [0.15, 0.2) is 0 Å². The summed E-state index contributed by atoms with van der Waals surface area (Å²) >= 11 is 5.98. The molecular formula is C23H21ClN4O3. The average molecular weight is 437 g/mol. The SMILES string of the molecule is C=CCN1C(=O)NC(c2cccc(OC)c2)C(c2nc(-c3ccc(Cl)cc3)no2)=C1C. The Kier molecular flexibility index (Phi) is 5.77. The van der Waals surface area contributed by atoms with E-state index in [-0.39, 0.29) is 6.03 Å². The Hall–Kier alpha value is -3.58. The molecule has 1 unspecified atom stereocenters. The number of carbonyl (C=O) groups excluding carboxylic acids is 1. The summed E-state index contributed by atoms with van der Waals surface area (Å²) in [5.74, 6) is 1.44. The van der Waals surface area contributed by atoms with E-state index in [2.05, 4.69) is 22.0 Å². The topological polar surface area (TPSA) is 80.5 Å². The van der Waals surface area contributed by atoms with Crippen LogP contribution in [0.2, 0.25) is 5.02 Å². The van der Waals surface area contributed by atoms with Crippen LogP contribution in [0.1, 0.15) is 24.4 Å². The number of methoxy groups -OCH3 is 1. The monoisotopic (exact) mass is 436 g/mol. The van der Waals surface area contributed by atoms with Crippen LogP contribution in [0.25, 0.3) is 17.0 Å². The first-order valence-corrected chi connectivity index (χ1v) is 10.0. The molecule has 0 radical (unpaired) electrons. The van der Waals surface area contributed by atoms with Crippen LogP contribution < -0.4 is 10.1 Å². The summed E-state index contributed by atoms with van der Waals surface area (Å²) in [5, 5.41) is 7.80. The van der Waals surface area contributed by atoms with E-state index in [4.69, 9.17) is 20.9 Å². The highest BCUT2D eigenvalue weighted by atomic mass is 35.5. The van der Waals surface area contributed by atoms with Crippen molar-refractivity contribution in [3.8, 4) is 17.1 Å². The zero-order valence-corrected chi connectivity index (χ0v) is 17.9. The van der Waals surface area contributed by atoms with Gasteiger partial charge in [0.1, 0.15) is 5.75 Å². The quantitative estimate of drug-likeness (QED) is 0.545. The molecule has 2 amide bonds. The van der Waals surface area contributed by atoms with Gasteiger partial charge in [-0.05, 0) is 48.9 Å². The number of carbonyl (C=O) groups is 1. The number of hydrogen-bond donors (Lipinski definition) is 1. The molecule has 31 heavy (non-hydrogen) atoms. The van der Waals surface area contributed by atoms with E-state index in [1.165, 1.54) is 0 Å². The first kappa shape index (κ1) is 20.7. The van der Waals surface area contributed by atoms with E-state index >= 15 is 0 Å². The van der Waals surface area contributed by atoms with Crippen molar-refractivity contribution in [2.75, 3.05) is 13.7 Å². The minimum Gasteiger partial charge on any atom is -0.497 e. The fourth-order valence-corrected chi connectivity index (χ4v) is 3.65. The maximum absolute atomic E-state index is 12.8. The molecule has 0 bridgehead atoms. The highest BCUT2D eigenvalue weighted by molar-refractivity contribution is 6.30. The number of rotatable bonds is 6. The normalized spacial score (nSPS) is 16.3. The van der Waals surface area contributed by atoms with E-state index in [0.717, 1.165) is 11.1 Å². The van der Waals surface area contributed by atoms with Crippen LogP contribution in [-0.2, 0) is 0 Å². The zero-order valence-electron chi connectivity index (χ0n) is 17.1. The lowest BCUT2D eigenvalue weighted by atomic mass is 9.94. The van der Waals surface area contributed by atoms with Gasteiger partial charge in [0.2, 0.25) is 5.82 Å².